The second-order valence-corrected chi connectivity index (χ2v) is 5.54. The molecule has 2 aromatic rings. The van der Waals surface area contributed by atoms with Crippen LogP contribution in [0.1, 0.15) is 49.8 Å². The van der Waals surface area contributed by atoms with Crippen molar-refractivity contribution in [3.63, 3.8) is 0 Å². The van der Waals surface area contributed by atoms with Crippen molar-refractivity contribution >= 4 is 0 Å². The first-order valence-electron chi connectivity index (χ1n) is 7.75. The first-order chi connectivity index (χ1) is 10.2. The predicted octanol–water partition coefficient (Wildman–Crippen LogP) is 5.06. The summed E-state index contributed by atoms with van der Waals surface area (Å²) < 4.78 is 13.8. The van der Waals surface area contributed by atoms with Gasteiger partial charge in [0.25, 0.3) is 0 Å². The van der Waals surface area contributed by atoms with Crippen LogP contribution in [-0.2, 0) is 0 Å². The van der Waals surface area contributed by atoms with E-state index in [0.717, 1.165) is 24.9 Å². The van der Waals surface area contributed by atoms with Crippen LogP contribution in [0.15, 0.2) is 54.6 Å². The minimum Gasteiger partial charge on any atom is -0.310 e. The molecule has 2 unspecified atom stereocenters. The fraction of sp³-hybridized carbons (Fsp3) is 0.368. The number of hydrogen-bond acceptors (Lipinski definition) is 1. The molecular formula is C19H24FN. The van der Waals surface area contributed by atoms with Gasteiger partial charge in [0.15, 0.2) is 0 Å². The molecule has 21 heavy (non-hydrogen) atoms. The number of benzene rings is 2. The summed E-state index contributed by atoms with van der Waals surface area (Å²) in [4.78, 5) is 0. The minimum atomic E-state index is -0.118. The highest BCUT2D eigenvalue weighted by molar-refractivity contribution is 5.21. The second kappa shape index (κ2) is 7.94. The summed E-state index contributed by atoms with van der Waals surface area (Å²) in [5.74, 6) is 0.393. The molecule has 0 fully saturated rings. The highest BCUT2D eigenvalue weighted by atomic mass is 19.1. The Labute approximate surface area is 127 Å². The van der Waals surface area contributed by atoms with Crippen LogP contribution in [0.2, 0.25) is 0 Å². The van der Waals surface area contributed by atoms with Crippen molar-refractivity contribution in [3.05, 3.63) is 71.5 Å². The molecule has 0 amide bonds. The van der Waals surface area contributed by atoms with Crippen LogP contribution in [0.5, 0.6) is 0 Å². The summed E-state index contributed by atoms with van der Waals surface area (Å²) in [5.41, 5.74) is 2.13. The van der Waals surface area contributed by atoms with Gasteiger partial charge in [-0.1, -0.05) is 62.4 Å². The molecule has 2 rings (SSSR count). The van der Waals surface area contributed by atoms with E-state index in [1.165, 1.54) is 11.6 Å². The lowest BCUT2D eigenvalue weighted by Crippen LogP contribution is -2.23. The molecular weight excluding hydrogens is 261 g/mol. The van der Waals surface area contributed by atoms with E-state index in [4.69, 9.17) is 0 Å². The molecule has 0 radical (unpaired) electrons. The van der Waals surface area contributed by atoms with E-state index < -0.39 is 0 Å². The van der Waals surface area contributed by atoms with Crippen molar-refractivity contribution in [2.75, 3.05) is 6.54 Å². The second-order valence-electron chi connectivity index (χ2n) is 5.54. The van der Waals surface area contributed by atoms with E-state index in [1.807, 2.05) is 18.2 Å². The average molecular weight is 285 g/mol. The Balaban J connectivity index is 1.88. The Morgan fingerprint density at radius 1 is 1.00 bits per heavy atom. The van der Waals surface area contributed by atoms with E-state index in [1.54, 1.807) is 6.07 Å². The Morgan fingerprint density at radius 2 is 1.67 bits per heavy atom. The molecule has 2 heteroatoms. The van der Waals surface area contributed by atoms with Crippen molar-refractivity contribution < 1.29 is 4.39 Å². The van der Waals surface area contributed by atoms with Gasteiger partial charge in [-0.15, -0.1) is 0 Å². The average Bonchev–Trinajstić information content (AvgIpc) is 2.53. The molecule has 0 aromatic heterocycles. The third kappa shape index (κ3) is 4.40. The number of halogens is 1. The van der Waals surface area contributed by atoms with Crippen LogP contribution in [0.25, 0.3) is 0 Å². The molecule has 2 aromatic carbocycles. The molecule has 0 bridgehead atoms. The van der Waals surface area contributed by atoms with Crippen LogP contribution in [0.4, 0.5) is 4.39 Å². The van der Waals surface area contributed by atoms with E-state index in [9.17, 15) is 4.39 Å². The standard InChI is InChI=1S/C19H24FN/c1-3-19(17-11-7-8-12-18(17)20)21-14-13-15(2)16-9-5-4-6-10-16/h4-12,15,19,21H,3,13-14H2,1-2H3. The van der Waals surface area contributed by atoms with Crippen molar-refractivity contribution in [1.82, 2.24) is 5.32 Å². The fourth-order valence-corrected chi connectivity index (χ4v) is 2.65. The van der Waals surface area contributed by atoms with Crippen LogP contribution in [0, 0.1) is 5.82 Å². The van der Waals surface area contributed by atoms with Gasteiger partial charge in [-0.05, 0) is 36.9 Å². The van der Waals surface area contributed by atoms with E-state index in [-0.39, 0.29) is 11.9 Å². The minimum absolute atomic E-state index is 0.0918. The van der Waals surface area contributed by atoms with Gasteiger partial charge in [0.2, 0.25) is 0 Å². The van der Waals surface area contributed by atoms with Gasteiger partial charge in [-0.25, -0.2) is 4.39 Å². The van der Waals surface area contributed by atoms with Gasteiger partial charge in [0.1, 0.15) is 5.82 Å². The maximum Gasteiger partial charge on any atom is 0.127 e. The molecule has 0 spiro atoms. The zero-order valence-electron chi connectivity index (χ0n) is 12.9. The zero-order valence-corrected chi connectivity index (χ0v) is 12.9. The number of rotatable bonds is 7. The molecule has 0 aliphatic heterocycles. The molecule has 0 heterocycles. The van der Waals surface area contributed by atoms with E-state index in [2.05, 4.69) is 43.4 Å². The molecule has 0 saturated heterocycles. The summed E-state index contributed by atoms with van der Waals surface area (Å²) in [5, 5.41) is 3.49. The van der Waals surface area contributed by atoms with Gasteiger partial charge < -0.3 is 5.32 Å². The van der Waals surface area contributed by atoms with E-state index >= 15 is 0 Å². The summed E-state index contributed by atoms with van der Waals surface area (Å²) in [7, 11) is 0. The molecule has 112 valence electrons. The molecule has 1 nitrogen and oxygen atoms in total. The Morgan fingerprint density at radius 3 is 2.33 bits per heavy atom. The molecule has 0 aliphatic carbocycles. The third-order valence-electron chi connectivity index (χ3n) is 4.03. The quantitative estimate of drug-likeness (QED) is 0.749. The zero-order chi connectivity index (χ0) is 15.1. The number of hydrogen-bond donors (Lipinski definition) is 1. The normalized spacial score (nSPS) is 13.9. The smallest absolute Gasteiger partial charge is 0.127 e. The number of nitrogens with one attached hydrogen (secondary N) is 1. The SMILES string of the molecule is CCC(NCCC(C)c1ccccc1)c1ccccc1F. The molecule has 0 saturated carbocycles. The predicted molar refractivity (Wildman–Crippen MR) is 86.9 cm³/mol. The van der Waals surface area contributed by atoms with Crippen LogP contribution < -0.4 is 5.32 Å². The van der Waals surface area contributed by atoms with Crippen molar-refractivity contribution in [1.29, 1.82) is 0 Å². The van der Waals surface area contributed by atoms with Crippen molar-refractivity contribution in [2.45, 2.75) is 38.6 Å². The van der Waals surface area contributed by atoms with Crippen molar-refractivity contribution in [3.8, 4) is 0 Å². The van der Waals surface area contributed by atoms with Gasteiger partial charge in [-0.2, -0.15) is 0 Å². The van der Waals surface area contributed by atoms with Crippen LogP contribution >= 0.6 is 0 Å². The Kier molecular flexibility index (Phi) is 5.94. The van der Waals surface area contributed by atoms with E-state index in [0.29, 0.717) is 5.92 Å². The lowest BCUT2D eigenvalue weighted by Gasteiger charge is -2.20. The van der Waals surface area contributed by atoms with Crippen LogP contribution in [0.3, 0.4) is 0 Å². The maximum atomic E-state index is 13.8. The third-order valence-corrected chi connectivity index (χ3v) is 4.03. The largest absolute Gasteiger partial charge is 0.310 e. The summed E-state index contributed by atoms with van der Waals surface area (Å²) in [6.45, 7) is 5.22. The Hall–Kier alpha value is -1.67. The lowest BCUT2D eigenvalue weighted by molar-refractivity contribution is 0.471. The van der Waals surface area contributed by atoms with Gasteiger partial charge >= 0.3 is 0 Å². The van der Waals surface area contributed by atoms with Gasteiger partial charge in [0, 0.05) is 11.6 Å². The monoisotopic (exact) mass is 285 g/mol. The molecule has 2 atom stereocenters. The highest BCUT2D eigenvalue weighted by Gasteiger charge is 2.13. The first kappa shape index (κ1) is 15.7. The fourth-order valence-electron chi connectivity index (χ4n) is 2.65. The molecule has 1 N–H and O–H groups in total. The molecule has 0 aliphatic rings. The van der Waals surface area contributed by atoms with Gasteiger partial charge in [-0.3, -0.25) is 0 Å². The van der Waals surface area contributed by atoms with Crippen molar-refractivity contribution in [2.24, 2.45) is 0 Å². The van der Waals surface area contributed by atoms with Gasteiger partial charge in [0.05, 0.1) is 0 Å². The van der Waals surface area contributed by atoms with Crippen LogP contribution in [-0.4, -0.2) is 6.54 Å². The lowest BCUT2D eigenvalue weighted by atomic mass is 9.97. The summed E-state index contributed by atoms with van der Waals surface area (Å²) in [6.07, 6.45) is 1.94. The summed E-state index contributed by atoms with van der Waals surface area (Å²) >= 11 is 0. The first-order valence-corrected chi connectivity index (χ1v) is 7.75. The summed E-state index contributed by atoms with van der Waals surface area (Å²) in [6, 6.07) is 17.7. The topological polar surface area (TPSA) is 12.0 Å². The Bertz CT molecular complexity index is 538. The highest BCUT2D eigenvalue weighted by Crippen LogP contribution is 2.21. The maximum absolute atomic E-state index is 13.8.